The Morgan fingerprint density at radius 1 is 1.25 bits per heavy atom. The van der Waals surface area contributed by atoms with Gasteiger partial charge in [-0.2, -0.15) is 5.06 Å². The predicted molar refractivity (Wildman–Crippen MR) is 47.7 cm³/mol. The monoisotopic (exact) mass is 173 g/mol. The number of hydrogen-bond acceptors (Lipinski definition) is 3. The largest absolute Gasteiger partial charge is 0.388 e. The molecule has 12 heavy (non-hydrogen) atoms. The van der Waals surface area contributed by atoms with Crippen molar-refractivity contribution >= 4 is 0 Å². The molecular weight excluding hydrogens is 154 g/mol. The molecule has 1 rings (SSSR count). The summed E-state index contributed by atoms with van der Waals surface area (Å²) in [5.74, 6) is 0. The summed E-state index contributed by atoms with van der Waals surface area (Å²) in [6, 6.07) is 0. The van der Waals surface area contributed by atoms with Crippen LogP contribution in [0.25, 0.3) is 0 Å². The minimum Gasteiger partial charge on any atom is -0.388 e. The molecule has 0 saturated carbocycles. The van der Waals surface area contributed by atoms with Gasteiger partial charge in [0.15, 0.2) is 0 Å². The van der Waals surface area contributed by atoms with Gasteiger partial charge in [0.25, 0.3) is 0 Å². The number of hydrogen-bond donors (Lipinski definition) is 1. The number of rotatable bonds is 3. The number of hydroxylamine groups is 2. The number of aliphatic hydroxyl groups is 1. The average Bonchev–Trinajstić information content (AvgIpc) is 2.02. The first-order valence-electron chi connectivity index (χ1n) is 4.68. The summed E-state index contributed by atoms with van der Waals surface area (Å²) >= 11 is 0. The van der Waals surface area contributed by atoms with Gasteiger partial charge in [-0.25, -0.2) is 0 Å². The molecule has 0 amide bonds. The van der Waals surface area contributed by atoms with Crippen molar-refractivity contribution in [2.75, 3.05) is 19.7 Å². The maximum absolute atomic E-state index is 9.40. The second kappa shape index (κ2) is 4.21. The van der Waals surface area contributed by atoms with Gasteiger partial charge in [-0.05, 0) is 26.7 Å². The standard InChI is InChI=1S/C9H19NO2/c1-9(2,11)8-12-10-6-4-3-5-7-10/h11H,3-8H2,1-2H3. The first-order valence-corrected chi connectivity index (χ1v) is 4.68. The minimum atomic E-state index is -0.711. The zero-order chi connectivity index (χ0) is 9.03. The lowest BCUT2D eigenvalue weighted by Gasteiger charge is -2.28. The van der Waals surface area contributed by atoms with Gasteiger partial charge < -0.3 is 5.11 Å². The Morgan fingerprint density at radius 3 is 2.33 bits per heavy atom. The molecular formula is C9H19NO2. The van der Waals surface area contributed by atoms with Crippen molar-refractivity contribution in [2.45, 2.75) is 38.7 Å². The van der Waals surface area contributed by atoms with Gasteiger partial charge >= 0.3 is 0 Å². The SMILES string of the molecule is CC(C)(O)CON1CCCCC1. The minimum absolute atomic E-state index is 0.396. The fourth-order valence-corrected chi connectivity index (χ4v) is 1.24. The molecule has 72 valence electrons. The molecule has 0 aromatic rings. The van der Waals surface area contributed by atoms with E-state index in [4.69, 9.17) is 4.84 Å². The van der Waals surface area contributed by atoms with E-state index in [0.717, 1.165) is 13.1 Å². The lowest BCUT2D eigenvalue weighted by atomic mass is 10.1. The molecule has 0 unspecified atom stereocenters. The van der Waals surface area contributed by atoms with Crippen LogP contribution in [0.2, 0.25) is 0 Å². The Hall–Kier alpha value is -0.120. The number of nitrogens with zero attached hydrogens (tertiary/aromatic N) is 1. The van der Waals surface area contributed by atoms with Gasteiger partial charge in [0, 0.05) is 13.1 Å². The molecule has 3 nitrogen and oxygen atoms in total. The van der Waals surface area contributed by atoms with Gasteiger partial charge in [0.05, 0.1) is 12.2 Å². The van der Waals surface area contributed by atoms with Crippen molar-refractivity contribution in [3.8, 4) is 0 Å². The molecule has 1 N–H and O–H groups in total. The van der Waals surface area contributed by atoms with Crippen LogP contribution < -0.4 is 0 Å². The Bertz CT molecular complexity index is 125. The van der Waals surface area contributed by atoms with Crippen LogP contribution in [0.1, 0.15) is 33.1 Å². The lowest BCUT2D eigenvalue weighted by Crippen LogP contribution is -2.36. The van der Waals surface area contributed by atoms with Crippen molar-refractivity contribution in [1.82, 2.24) is 5.06 Å². The van der Waals surface area contributed by atoms with E-state index in [1.54, 1.807) is 13.8 Å². The van der Waals surface area contributed by atoms with E-state index < -0.39 is 5.60 Å². The Kier molecular flexibility index (Phi) is 3.50. The highest BCUT2D eigenvalue weighted by molar-refractivity contribution is 4.63. The van der Waals surface area contributed by atoms with Crippen LogP contribution in [0, 0.1) is 0 Å². The molecule has 1 fully saturated rings. The van der Waals surface area contributed by atoms with Crippen molar-refractivity contribution in [1.29, 1.82) is 0 Å². The molecule has 1 aliphatic heterocycles. The van der Waals surface area contributed by atoms with Gasteiger partial charge in [-0.1, -0.05) is 6.42 Å². The third-order valence-electron chi connectivity index (χ3n) is 1.92. The van der Waals surface area contributed by atoms with Crippen LogP contribution in [0.5, 0.6) is 0 Å². The highest BCUT2D eigenvalue weighted by atomic mass is 16.7. The molecule has 0 bridgehead atoms. The predicted octanol–water partition coefficient (Wildman–Crippen LogP) is 1.17. The van der Waals surface area contributed by atoms with Crippen LogP contribution in [0.3, 0.4) is 0 Å². The molecule has 0 aromatic heterocycles. The van der Waals surface area contributed by atoms with Crippen molar-refractivity contribution < 1.29 is 9.94 Å². The van der Waals surface area contributed by atoms with E-state index in [0.29, 0.717) is 6.61 Å². The lowest BCUT2D eigenvalue weighted by molar-refractivity contribution is -0.201. The topological polar surface area (TPSA) is 32.7 Å². The van der Waals surface area contributed by atoms with Crippen LogP contribution in [-0.2, 0) is 4.84 Å². The van der Waals surface area contributed by atoms with E-state index >= 15 is 0 Å². The zero-order valence-electron chi connectivity index (χ0n) is 8.05. The maximum Gasteiger partial charge on any atom is 0.0967 e. The summed E-state index contributed by atoms with van der Waals surface area (Å²) in [7, 11) is 0. The molecule has 0 atom stereocenters. The highest BCUT2D eigenvalue weighted by Gasteiger charge is 2.17. The molecule has 3 heteroatoms. The summed E-state index contributed by atoms with van der Waals surface area (Å²) in [5.41, 5.74) is -0.711. The molecule has 0 aromatic carbocycles. The van der Waals surface area contributed by atoms with Crippen molar-refractivity contribution in [3.63, 3.8) is 0 Å². The molecule has 1 aliphatic rings. The second-order valence-corrected chi connectivity index (χ2v) is 4.08. The first kappa shape index (κ1) is 9.96. The van der Waals surface area contributed by atoms with Crippen LogP contribution in [-0.4, -0.2) is 35.5 Å². The van der Waals surface area contributed by atoms with Gasteiger partial charge in [-0.3, -0.25) is 4.84 Å². The third kappa shape index (κ3) is 4.04. The summed E-state index contributed by atoms with van der Waals surface area (Å²) in [5, 5.41) is 11.4. The molecule has 0 spiro atoms. The third-order valence-corrected chi connectivity index (χ3v) is 1.92. The molecule has 0 aliphatic carbocycles. The fraction of sp³-hybridized carbons (Fsp3) is 1.00. The van der Waals surface area contributed by atoms with Gasteiger partial charge in [0.2, 0.25) is 0 Å². The second-order valence-electron chi connectivity index (χ2n) is 4.08. The summed E-state index contributed by atoms with van der Waals surface area (Å²) in [6.45, 7) is 5.94. The normalized spacial score (nSPS) is 21.2. The van der Waals surface area contributed by atoms with Crippen LogP contribution >= 0.6 is 0 Å². The summed E-state index contributed by atoms with van der Waals surface area (Å²) in [4.78, 5) is 5.43. The van der Waals surface area contributed by atoms with Crippen LogP contribution in [0.4, 0.5) is 0 Å². The molecule has 1 saturated heterocycles. The van der Waals surface area contributed by atoms with Crippen molar-refractivity contribution in [2.24, 2.45) is 0 Å². The van der Waals surface area contributed by atoms with Gasteiger partial charge in [0.1, 0.15) is 0 Å². The molecule has 0 radical (unpaired) electrons. The average molecular weight is 173 g/mol. The van der Waals surface area contributed by atoms with E-state index in [2.05, 4.69) is 0 Å². The fourth-order valence-electron chi connectivity index (χ4n) is 1.24. The summed E-state index contributed by atoms with van der Waals surface area (Å²) in [6.07, 6.45) is 3.74. The van der Waals surface area contributed by atoms with E-state index in [1.165, 1.54) is 19.3 Å². The summed E-state index contributed by atoms with van der Waals surface area (Å²) < 4.78 is 0. The Labute approximate surface area is 74.3 Å². The van der Waals surface area contributed by atoms with Crippen LogP contribution in [0.15, 0.2) is 0 Å². The maximum atomic E-state index is 9.40. The Balaban J connectivity index is 2.13. The van der Waals surface area contributed by atoms with E-state index in [1.807, 2.05) is 5.06 Å². The highest BCUT2D eigenvalue weighted by Crippen LogP contribution is 2.10. The Morgan fingerprint density at radius 2 is 1.83 bits per heavy atom. The van der Waals surface area contributed by atoms with E-state index in [9.17, 15) is 5.11 Å². The van der Waals surface area contributed by atoms with Crippen molar-refractivity contribution in [3.05, 3.63) is 0 Å². The smallest absolute Gasteiger partial charge is 0.0967 e. The van der Waals surface area contributed by atoms with Gasteiger partial charge in [-0.15, -0.1) is 0 Å². The van der Waals surface area contributed by atoms with E-state index in [-0.39, 0.29) is 0 Å². The quantitative estimate of drug-likeness (QED) is 0.695. The zero-order valence-corrected chi connectivity index (χ0v) is 8.05. The molecule has 1 heterocycles. The number of piperidine rings is 1. The first-order chi connectivity index (χ1) is 5.58.